The van der Waals surface area contributed by atoms with Gasteiger partial charge in [-0.2, -0.15) is 0 Å². The normalized spacial score (nSPS) is 13.4. The Morgan fingerprint density at radius 2 is 1.14 bits per heavy atom. The maximum atomic E-state index is 12.7. The van der Waals surface area contributed by atoms with E-state index in [0.29, 0.717) is 25.8 Å². The number of carboxylic acids is 1. The maximum absolute atomic E-state index is 12.7. The van der Waals surface area contributed by atoms with Crippen LogP contribution in [0.5, 0.6) is 0 Å². The smallest absolute Gasteiger partial charge is 0.325 e. The second kappa shape index (κ2) is 23.0. The van der Waals surface area contributed by atoms with Crippen LogP contribution in [0.4, 0.5) is 0 Å². The molecule has 0 aromatic rings. The van der Waals surface area contributed by atoms with E-state index >= 15 is 0 Å². The summed E-state index contributed by atoms with van der Waals surface area (Å²) in [6.07, 6.45) is 18.2. The highest BCUT2D eigenvalue weighted by atomic mass is 16.4. The number of amides is 3. The van der Waals surface area contributed by atoms with Gasteiger partial charge in [-0.05, 0) is 46.1 Å². The zero-order chi connectivity index (χ0) is 27.9. The Morgan fingerprint density at radius 1 is 0.649 bits per heavy atom. The fraction of sp³-hybridized carbons (Fsp3) is 0.857. The van der Waals surface area contributed by atoms with Crippen molar-refractivity contribution in [2.75, 3.05) is 6.54 Å². The van der Waals surface area contributed by atoms with Crippen LogP contribution in [0.25, 0.3) is 0 Å². The number of hydrogen-bond donors (Lipinski definition) is 5. The van der Waals surface area contributed by atoms with Crippen molar-refractivity contribution in [2.45, 2.75) is 148 Å². The summed E-state index contributed by atoms with van der Waals surface area (Å²) in [5.74, 6) is -2.39. The maximum Gasteiger partial charge on any atom is 0.325 e. The first kappa shape index (κ1) is 34.8. The highest BCUT2D eigenvalue weighted by Crippen LogP contribution is 2.13. The van der Waals surface area contributed by atoms with Gasteiger partial charge in [0.15, 0.2) is 0 Å². The Bertz CT molecular complexity index is 644. The molecule has 9 nitrogen and oxygen atoms in total. The molecule has 0 radical (unpaired) electrons. The summed E-state index contributed by atoms with van der Waals surface area (Å²) in [5, 5.41) is 16.7. The first-order valence-electron chi connectivity index (χ1n) is 14.6. The largest absolute Gasteiger partial charge is 0.480 e. The van der Waals surface area contributed by atoms with Crippen LogP contribution in [-0.4, -0.2) is 53.5 Å². The third-order valence-electron chi connectivity index (χ3n) is 6.59. The first-order chi connectivity index (χ1) is 17.7. The lowest BCUT2D eigenvalue weighted by Gasteiger charge is -2.22. The van der Waals surface area contributed by atoms with Crippen LogP contribution in [0.3, 0.4) is 0 Å². The monoisotopic (exact) mass is 526 g/mol. The lowest BCUT2D eigenvalue weighted by atomic mass is 10.0. The number of hydrogen-bond acceptors (Lipinski definition) is 5. The molecule has 0 bridgehead atoms. The van der Waals surface area contributed by atoms with Gasteiger partial charge in [-0.25, -0.2) is 0 Å². The third-order valence-corrected chi connectivity index (χ3v) is 6.59. The van der Waals surface area contributed by atoms with Crippen LogP contribution >= 0.6 is 0 Å². The highest BCUT2D eigenvalue weighted by Gasteiger charge is 2.25. The standard InChI is InChI=1S/C28H54N4O5/c1-4-5-6-7-8-9-10-11-12-13-14-15-16-20-25(33)32-24(19-17-18-21-29)27(35)30-22(2)26(34)31-23(3)28(36)37/h22-24H,4-21,29H2,1-3H3,(H,30,35)(H,31,34)(H,32,33)(H,36,37)/t22-,23-,24-/m0/s1. The van der Waals surface area contributed by atoms with Gasteiger partial charge in [-0.1, -0.05) is 84.0 Å². The van der Waals surface area contributed by atoms with Crippen molar-refractivity contribution >= 4 is 23.7 Å². The van der Waals surface area contributed by atoms with Gasteiger partial charge in [0, 0.05) is 6.42 Å². The van der Waals surface area contributed by atoms with E-state index in [-0.39, 0.29) is 5.91 Å². The predicted molar refractivity (Wildman–Crippen MR) is 148 cm³/mol. The number of nitrogens with two attached hydrogens (primary N) is 1. The molecule has 0 spiro atoms. The molecule has 37 heavy (non-hydrogen) atoms. The molecular weight excluding hydrogens is 472 g/mol. The van der Waals surface area contributed by atoms with Crippen molar-refractivity contribution in [3.63, 3.8) is 0 Å². The Morgan fingerprint density at radius 3 is 1.62 bits per heavy atom. The molecule has 0 rings (SSSR count). The molecule has 0 heterocycles. The minimum absolute atomic E-state index is 0.174. The molecule has 3 atom stereocenters. The lowest BCUT2D eigenvalue weighted by molar-refractivity contribution is -0.141. The molecule has 216 valence electrons. The molecule has 0 aliphatic heterocycles. The van der Waals surface area contributed by atoms with Gasteiger partial charge in [0.25, 0.3) is 0 Å². The van der Waals surface area contributed by atoms with E-state index < -0.39 is 35.9 Å². The van der Waals surface area contributed by atoms with E-state index in [1.807, 2.05) is 0 Å². The fourth-order valence-corrected chi connectivity index (χ4v) is 4.11. The second-order valence-corrected chi connectivity index (χ2v) is 10.2. The Balaban J connectivity index is 4.24. The van der Waals surface area contributed by atoms with Gasteiger partial charge in [-0.15, -0.1) is 0 Å². The molecule has 0 unspecified atom stereocenters. The second-order valence-electron chi connectivity index (χ2n) is 10.2. The number of nitrogens with one attached hydrogen (secondary N) is 3. The predicted octanol–water partition coefficient (Wildman–Crippen LogP) is 4.18. The number of unbranched alkanes of at least 4 members (excludes halogenated alkanes) is 13. The van der Waals surface area contributed by atoms with Crippen molar-refractivity contribution in [3.8, 4) is 0 Å². The summed E-state index contributed by atoms with van der Waals surface area (Å²) in [6, 6.07) is -2.75. The minimum atomic E-state index is -1.16. The molecule has 0 aromatic heterocycles. The Kier molecular flexibility index (Phi) is 21.7. The van der Waals surface area contributed by atoms with Crippen molar-refractivity contribution < 1.29 is 24.3 Å². The number of rotatable bonds is 24. The number of carbonyl (C=O) groups excluding carboxylic acids is 3. The number of carboxylic acid groups (broad SMARTS) is 1. The Hall–Kier alpha value is -2.16. The SMILES string of the molecule is CCCCCCCCCCCCCCCC(=O)N[C@@H](CCCCN)C(=O)N[C@@H](C)C(=O)N[C@@H](C)C(=O)O. The third kappa shape index (κ3) is 19.6. The van der Waals surface area contributed by atoms with Gasteiger partial charge in [-0.3, -0.25) is 19.2 Å². The molecule has 0 fully saturated rings. The average Bonchev–Trinajstić information content (AvgIpc) is 2.86. The molecule has 0 saturated heterocycles. The summed E-state index contributed by atoms with van der Waals surface area (Å²) in [5.41, 5.74) is 5.56. The van der Waals surface area contributed by atoms with Crippen LogP contribution in [-0.2, 0) is 19.2 Å². The van der Waals surface area contributed by atoms with Crippen molar-refractivity contribution in [2.24, 2.45) is 5.73 Å². The molecule has 3 amide bonds. The molecule has 6 N–H and O–H groups in total. The topological polar surface area (TPSA) is 151 Å². The summed E-state index contributed by atoms with van der Waals surface area (Å²) < 4.78 is 0. The summed E-state index contributed by atoms with van der Waals surface area (Å²) in [7, 11) is 0. The molecule has 9 heteroatoms. The number of carbonyl (C=O) groups is 4. The van der Waals surface area contributed by atoms with E-state index in [0.717, 1.165) is 25.7 Å². The van der Waals surface area contributed by atoms with Gasteiger partial charge in [0.1, 0.15) is 18.1 Å². The summed E-state index contributed by atoms with van der Waals surface area (Å²) >= 11 is 0. The fourth-order valence-electron chi connectivity index (χ4n) is 4.11. The first-order valence-corrected chi connectivity index (χ1v) is 14.6. The van der Waals surface area contributed by atoms with Crippen LogP contribution in [0.2, 0.25) is 0 Å². The van der Waals surface area contributed by atoms with Crippen LogP contribution in [0.1, 0.15) is 130 Å². The van der Waals surface area contributed by atoms with Gasteiger partial charge >= 0.3 is 5.97 Å². The van der Waals surface area contributed by atoms with E-state index in [1.54, 1.807) is 0 Å². The zero-order valence-corrected chi connectivity index (χ0v) is 23.6. The zero-order valence-electron chi connectivity index (χ0n) is 23.6. The van der Waals surface area contributed by atoms with E-state index in [2.05, 4.69) is 22.9 Å². The van der Waals surface area contributed by atoms with Gasteiger partial charge in [0.2, 0.25) is 17.7 Å². The lowest BCUT2D eigenvalue weighted by Crippen LogP contribution is -2.54. The average molecular weight is 527 g/mol. The van der Waals surface area contributed by atoms with Crippen molar-refractivity contribution in [1.82, 2.24) is 16.0 Å². The molecule has 0 aliphatic carbocycles. The molecule has 0 aromatic carbocycles. The molecule has 0 aliphatic rings. The minimum Gasteiger partial charge on any atom is -0.480 e. The van der Waals surface area contributed by atoms with Crippen molar-refractivity contribution in [1.29, 1.82) is 0 Å². The molecular formula is C28H54N4O5. The van der Waals surface area contributed by atoms with Crippen LogP contribution in [0, 0.1) is 0 Å². The molecule has 0 saturated carbocycles. The van der Waals surface area contributed by atoms with Crippen LogP contribution < -0.4 is 21.7 Å². The summed E-state index contributed by atoms with van der Waals surface area (Å²) in [6.45, 7) is 5.56. The summed E-state index contributed by atoms with van der Waals surface area (Å²) in [4.78, 5) is 48.3. The highest BCUT2D eigenvalue weighted by molar-refractivity contribution is 5.93. The van der Waals surface area contributed by atoms with E-state index in [9.17, 15) is 19.2 Å². The Labute approximate surface area is 224 Å². The number of aliphatic carboxylic acids is 1. The van der Waals surface area contributed by atoms with Crippen molar-refractivity contribution in [3.05, 3.63) is 0 Å². The van der Waals surface area contributed by atoms with E-state index in [1.165, 1.54) is 78.1 Å². The quantitative estimate of drug-likeness (QED) is 0.119. The van der Waals surface area contributed by atoms with E-state index in [4.69, 9.17) is 10.8 Å². The van der Waals surface area contributed by atoms with Crippen LogP contribution in [0.15, 0.2) is 0 Å². The van der Waals surface area contributed by atoms with Gasteiger partial charge in [0.05, 0.1) is 0 Å². The van der Waals surface area contributed by atoms with Gasteiger partial charge < -0.3 is 26.8 Å².